The lowest BCUT2D eigenvalue weighted by atomic mass is 10.2. The van der Waals surface area contributed by atoms with Gasteiger partial charge >= 0.3 is 5.69 Å². The molecule has 0 aliphatic heterocycles. The van der Waals surface area contributed by atoms with Crippen LogP contribution in [0.15, 0.2) is 45.1 Å². The van der Waals surface area contributed by atoms with Crippen molar-refractivity contribution in [1.29, 1.82) is 0 Å². The fourth-order valence-electron chi connectivity index (χ4n) is 2.46. The second-order valence-corrected chi connectivity index (χ2v) is 6.83. The van der Waals surface area contributed by atoms with Crippen molar-refractivity contribution in [1.82, 2.24) is 19.1 Å². The monoisotopic (exact) mass is 371 g/mol. The molecule has 1 N–H and O–H groups in total. The number of carbonyl (C=O) groups is 1. The van der Waals surface area contributed by atoms with Crippen molar-refractivity contribution < 1.29 is 4.79 Å². The van der Waals surface area contributed by atoms with E-state index >= 15 is 0 Å². The van der Waals surface area contributed by atoms with Gasteiger partial charge < -0.3 is 5.32 Å². The van der Waals surface area contributed by atoms with Crippen LogP contribution in [0.25, 0.3) is 11.0 Å². The maximum atomic E-state index is 12.4. The van der Waals surface area contributed by atoms with Crippen molar-refractivity contribution in [2.45, 2.75) is 11.9 Å². The Hall–Kier alpha value is -2.94. The molecule has 3 rings (SSSR count). The molecule has 3 aromatic heterocycles. The number of nitrogens with one attached hydrogen (secondary N) is 1. The molecule has 0 aliphatic rings. The number of anilines is 1. The van der Waals surface area contributed by atoms with E-state index in [1.54, 1.807) is 24.0 Å². The molecule has 0 spiro atoms. The Morgan fingerprint density at radius 1 is 1.15 bits per heavy atom. The Kier molecular flexibility index (Phi) is 4.90. The third-order valence-corrected chi connectivity index (χ3v) is 4.65. The van der Waals surface area contributed by atoms with E-state index in [4.69, 9.17) is 0 Å². The number of aryl methyl sites for hydroxylation is 1. The van der Waals surface area contributed by atoms with E-state index in [0.29, 0.717) is 5.69 Å². The molecule has 0 radical (unpaired) electrons. The molecule has 8 nitrogen and oxygen atoms in total. The van der Waals surface area contributed by atoms with Crippen molar-refractivity contribution in [2.24, 2.45) is 14.1 Å². The van der Waals surface area contributed by atoms with Crippen LogP contribution >= 0.6 is 11.8 Å². The van der Waals surface area contributed by atoms with Gasteiger partial charge in [0.05, 0.1) is 22.3 Å². The summed E-state index contributed by atoms with van der Waals surface area (Å²) in [6.45, 7) is 2.04. The van der Waals surface area contributed by atoms with Crippen LogP contribution in [-0.4, -0.2) is 30.8 Å². The zero-order valence-electron chi connectivity index (χ0n) is 14.5. The molecule has 3 heterocycles. The van der Waals surface area contributed by atoms with Gasteiger partial charge in [-0.25, -0.2) is 14.8 Å². The Balaban J connectivity index is 1.94. The van der Waals surface area contributed by atoms with Gasteiger partial charge in [0.25, 0.3) is 11.5 Å². The molecule has 9 heteroatoms. The molecule has 0 aromatic carbocycles. The first-order chi connectivity index (χ1) is 12.4. The van der Waals surface area contributed by atoms with Gasteiger partial charge in [-0.2, -0.15) is 0 Å². The fraction of sp³-hybridized carbons (Fsp3) is 0.235. The minimum atomic E-state index is -0.499. The second-order valence-electron chi connectivity index (χ2n) is 5.55. The van der Waals surface area contributed by atoms with Crippen molar-refractivity contribution in [2.75, 3.05) is 11.1 Å². The third kappa shape index (κ3) is 3.25. The minimum Gasteiger partial charge on any atom is -0.319 e. The van der Waals surface area contributed by atoms with Crippen LogP contribution in [0, 0.1) is 0 Å². The molecule has 0 saturated carbocycles. The predicted molar refractivity (Wildman–Crippen MR) is 101 cm³/mol. The van der Waals surface area contributed by atoms with Gasteiger partial charge in [-0.15, -0.1) is 11.8 Å². The summed E-state index contributed by atoms with van der Waals surface area (Å²) in [5.74, 6) is 0.468. The number of carbonyl (C=O) groups excluding carboxylic acids is 1. The smallest absolute Gasteiger partial charge is 0.319 e. The van der Waals surface area contributed by atoms with E-state index in [0.717, 1.165) is 15.3 Å². The molecule has 0 fully saturated rings. The Bertz CT molecular complexity index is 1100. The lowest BCUT2D eigenvalue weighted by Crippen LogP contribution is -2.37. The number of hydrogen-bond acceptors (Lipinski definition) is 6. The van der Waals surface area contributed by atoms with E-state index in [2.05, 4.69) is 15.3 Å². The number of aromatic nitrogens is 4. The van der Waals surface area contributed by atoms with Gasteiger partial charge in [-0.1, -0.05) is 6.92 Å². The summed E-state index contributed by atoms with van der Waals surface area (Å²) in [5, 5.41) is 3.86. The molecular formula is C17H17N5O3S. The van der Waals surface area contributed by atoms with Crippen molar-refractivity contribution in [3.8, 4) is 0 Å². The molecule has 0 aliphatic carbocycles. The highest BCUT2D eigenvalue weighted by Gasteiger charge is 2.14. The van der Waals surface area contributed by atoms with Gasteiger partial charge in [-0.3, -0.25) is 18.7 Å². The maximum Gasteiger partial charge on any atom is 0.332 e. The van der Waals surface area contributed by atoms with Crippen LogP contribution in [0.2, 0.25) is 0 Å². The molecule has 3 aromatic rings. The van der Waals surface area contributed by atoms with Crippen LogP contribution in [0.4, 0.5) is 5.69 Å². The first kappa shape index (κ1) is 17.9. The van der Waals surface area contributed by atoms with Gasteiger partial charge in [0.2, 0.25) is 0 Å². The number of nitrogens with zero attached hydrogens (tertiary/aromatic N) is 4. The molecule has 134 valence electrons. The quantitative estimate of drug-likeness (QED) is 0.696. The summed E-state index contributed by atoms with van der Waals surface area (Å²) in [4.78, 5) is 45.1. The van der Waals surface area contributed by atoms with Crippen LogP contribution < -0.4 is 16.6 Å². The number of amides is 1. The van der Waals surface area contributed by atoms with Crippen LogP contribution in [0.1, 0.15) is 17.4 Å². The van der Waals surface area contributed by atoms with Crippen molar-refractivity contribution in [3.05, 3.63) is 57.0 Å². The lowest BCUT2D eigenvalue weighted by Gasteiger charge is -2.09. The molecule has 0 saturated heterocycles. The zero-order chi connectivity index (χ0) is 18.8. The van der Waals surface area contributed by atoms with E-state index in [9.17, 15) is 14.4 Å². The first-order valence-electron chi connectivity index (χ1n) is 7.89. The van der Waals surface area contributed by atoms with E-state index in [-0.39, 0.29) is 16.7 Å². The molecule has 1 amide bonds. The molecule has 0 unspecified atom stereocenters. The molecule has 26 heavy (non-hydrogen) atoms. The van der Waals surface area contributed by atoms with E-state index in [1.165, 1.54) is 30.8 Å². The number of hydrogen-bond donors (Lipinski definition) is 1. The SMILES string of the molecule is CCSc1ccc(NC(=O)c2ccc3c(=O)n(C)c(=O)n(C)c3n2)cn1. The molecule has 0 atom stereocenters. The van der Waals surface area contributed by atoms with E-state index in [1.807, 2.05) is 13.0 Å². The standard InChI is InChI=1S/C17H17N5O3S/c1-4-26-13-8-5-10(9-18-13)19-15(23)12-7-6-11-14(20-12)21(2)17(25)22(3)16(11)24/h5-9H,4H2,1-3H3,(H,19,23). The zero-order valence-corrected chi connectivity index (χ0v) is 15.3. The maximum absolute atomic E-state index is 12.4. The number of fused-ring (bicyclic) bond motifs is 1. The van der Waals surface area contributed by atoms with Crippen LogP contribution in [0.5, 0.6) is 0 Å². The number of rotatable bonds is 4. The Morgan fingerprint density at radius 2 is 1.92 bits per heavy atom. The first-order valence-corrected chi connectivity index (χ1v) is 8.88. The number of thioether (sulfide) groups is 1. The predicted octanol–water partition coefficient (Wildman–Crippen LogP) is 1.39. The van der Waals surface area contributed by atoms with Crippen LogP contribution in [-0.2, 0) is 14.1 Å². The van der Waals surface area contributed by atoms with Crippen molar-refractivity contribution >= 4 is 34.4 Å². The van der Waals surface area contributed by atoms with Gasteiger partial charge in [0.15, 0.2) is 0 Å². The van der Waals surface area contributed by atoms with Crippen molar-refractivity contribution in [3.63, 3.8) is 0 Å². The van der Waals surface area contributed by atoms with Gasteiger partial charge in [-0.05, 0) is 30.0 Å². The molecule has 0 bridgehead atoms. The average molecular weight is 371 g/mol. The second kappa shape index (κ2) is 7.12. The summed E-state index contributed by atoms with van der Waals surface area (Å²) in [7, 11) is 2.91. The Morgan fingerprint density at radius 3 is 2.58 bits per heavy atom. The normalized spacial score (nSPS) is 10.9. The number of pyridine rings is 2. The van der Waals surface area contributed by atoms with E-state index < -0.39 is 17.2 Å². The fourth-order valence-corrected chi connectivity index (χ4v) is 3.05. The highest BCUT2D eigenvalue weighted by molar-refractivity contribution is 7.99. The van der Waals surface area contributed by atoms with Crippen LogP contribution in [0.3, 0.4) is 0 Å². The summed E-state index contributed by atoms with van der Waals surface area (Å²) in [5.41, 5.74) is -0.141. The highest BCUT2D eigenvalue weighted by Crippen LogP contribution is 2.17. The topological polar surface area (TPSA) is 98.9 Å². The van der Waals surface area contributed by atoms with Gasteiger partial charge in [0, 0.05) is 14.1 Å². The summed E-state index contributed by atoms with van der Waals surface area (Å²) in [6, 6.07) is 6.54. The Labute approximate surface area is 152 Å². The largest absolute Gasteiger partial charge is 0.332 e. The summed E-state index contributed by atoms with van der Waals surface area (Å²) in [6.07, 6.45) is 1.57. The molecular weight excluding hydrogens is 354 g/mol. The minimum absolute atomic E-state index is 0.104. The highest BCUT2D eigenvalue weighted by atomic mass is 32.2. The van der Waals surface area contributed by atoms with Gasteiger partial charge in [0.1, 0.15) is 11.3 Å². The third-order valence-electron chi connectivity index (χ3n) is 3.82. The lowest BCUT2D eigenvalue weighted by molar-refractivity contribution is 0.102. The summed E-state index contributed by atoms with van der Waals surface area (Å²) < 4.78 is 2.25. The summed E-state index contributed by atoms with van der Waals surface area (Å²) >= 11 is 1.61. The average Bonchev–Trinajstić information content (AvgIpc) is 2.66.